The summed E-state index contributed by atoms with van der Waals surface area (Å²) in [6, 6.07) is 5.30. The SMILES string of the molecule is COc1ccc(OC)c(C(C)NC(=O)Cn2nc(C)c(Br)c2C)c1. The van der Waals surface area contributed by atoms with E-state index in [1.807, 2.05) is 39.0 Å². The zero-order valence-corrected chi connectivity index (χ0v) is 16.1. The van der Waals surface area contributed by atoms with Crippen LogP contribution in [-0.2, 0) is 11.3 Å². The van der Waals surface area contributed by atoms with Crippen molar-refractivity contribution in [3.8, 4) is 11.5 Å². The summed E-state index contributed by atoms with van der Waals surface area (Å²) >= 11 is 3.47. The first-order chi connectivity index (χ1) is 11.4. The second kappa shape index (κ2) is 7.70. The molecule has 0 saturated heterocycles. The van der Waals surface area contributed by atoms with Gasteiger partial charge in [-0.3, -0.25) is 9.48 Å². The number of carbonyl (C=O) groups is 1. The fourth-order valence-electron chi connectivity index (χ4n) is 2.51. The van der Waals surface area contributed by atoms with Crippen molar-refractivity contribution in [2.24, 2.45) is 0 Å². The van der Waals surface area contributed by atoms with Crippen LogP contribution in [-0.4, -0.2) is 29.9 Å². The van der Waals surface area contributed by atoms with Crippen LogP contribution >= 0.6 is 15.9 Å². The maximum absolute atomic E-state index is 12.4. The smallest absolute Gasteiger partial charge is 0.242 e. The molecule has 2 rings (SSSR count). The highest BCUT2D eigenvalue weighted by Crippen LogP contribution is 2.29. The summed E-state index contributed by atoms with van der Waals surface area (Å²) in [5.41, 5.74) is 2.65. The minimum Gasteiger partial charge on any atom is -0.497 e. The molecule has 6 nitrogen and oxygen atoms in total. The Morgan fingerprint density at radius 1 is 1.33 bits per heavy atom. The maximum atomic E-state index is 12.4. The van der Waals surface area contributed by atoms with Gasteiger partial charge >= 0.3 is 0 Å². The Kier molecular flexibility index (Phi) is 5.88. The highest BCUT2D eigenvalue weighted by atomic mass is 79.9. The topological polar surface area (TPSA) is 65.4 Å². The Morgan fingerprint density at radius 2 is 2.04 bits per heavy atom. The first-order valence-electron chi connectivity index (χ1n) is 7.58. The number of benzene rings is 1. The van der Waals surface area contributed by atoms with Crippen molar-refractivity contribution in [1.82, 2.24) is 15.1 Å². The zero-order valence-electron chi connectivity index (χ0n) is 14.5. The third-order valence-electron chi connectivity index (χ3n) is 3.87. The molecule has 1 atom stereocenters. The molecule has 7 heteroatoms. The summed E-state index contributed by atoms with van der Waals surface area (Å²) in [6.45, 7) is 5.89. The van der Waals surface area contributed by atoms with Crippen LogP contribution in [0.15, 0.2) is 22.7 Å². The number of halogens is 1. The summed E-state index contributed by atoms with van der Waals surface area (Å²) in [7, 11) is 3.21. The van der Waals surface area contributed by atoms with E-state index in [1.165, 1.54) is 0 Å². The van der Waals surface area contributed by atoms with Crippen LogP contribution in [0.25, 0.3) is 0 Å². The van der Waals surface area contributed by atoms with Gasteiger partial charge in [0.1, 0.15) is 18.0 Å². The van der Waals surface area contributed by atoms with Gasteiger partial charge in [0, 0.05) is 5.56 Å². The maximum Gasteiger partial charge on any atom is 0.242 e. The van der Waals surface area contributed by atoms with Crippen LogP contribution in [0, 0.1) is 13.8 Å². The molecule has 1 aromatic carbocycles. The van der Waals surface area contributed by atoms with E-state index >= 15 is 0 Å². The standard InChI is InChI=1S/C17H22BrN3O3/c1-10(14-8-13(23-4)6-7-15(14)24-5)19-16(22)9-21-12(3)17(18)11(2)20-21/h6-8,10H,9H2,1-5H3,(H,19,22). The number of carbonyl (C=O) groups excluding carboxylic acids is 1. The first kappa shape index (κ1) is 18.3. The normalized spacial score (nSPS) is 11.9. The predicted molar refractivity (Wildman–Crippen MR) is 95.5 cm³/mol. The highest BCUT2D eigenvalue weighted by molar-refractivity contribution is 9.10. The third kappa shape index (κ3) is 3.90. The van der Waals surface area contributed by atoms with E-state index in [9.17, 15) is 4.79 Å². The van der Waals surface area contributed by atoms with Gasteiger partial charge in [-0.1, -0.05) is 0 Å². The van der Waals surface area contributed by atoms with Crippen LogP contribution in [0.5, 0.6) is 11.5 Å². The number of amides is 1. The molecule has 0 radical (unpaired) electrons. The molecule has 0 aliphatic rings. The number of ether oxygens (including phenoxy) is 2. The predicted octanol–water partition coefficient (Wildman–Crippen LogP) is 3.16. The number of nitrogens with zero attached hydrogens (tertiary/aromatic N) is 2. The van der Waals surface area contributed by atoms with Gasteiger partial charge in [0.25, 0.3) is 0 Å². The molecule has 24 heavy (non-hydrogen) atoms. The van der Waals surface area contributed by atoms with E-state index < -0.39 is 0 Å². The number of aromatic nitrogens is 2. The Morgan fingerprint density at radius 3 is 2.58 bits per heavy atom. The van der Waals surface area contributed by atoms with Crippen molar-refractivity contribution in [3.63, 3.8) is 0 Å². The van der Waals surface area contributed by atoms with Crippen molar-refractivity contribution in [1.29, 1.82) is 0 Å². The van der Waals surface area contributed by atoms with Crippen molar-refractivity contribution < 1.29 is 14.3 Å². The molecule has 0 spiro atoms. The van der Waals surface area contributed by atoms with Gasteiger partial charge in [0.15, 0.2) is 0 Å². The molecule has 0 fully saturated rings. The van der Waals surface area contributed by atoms with E-state index in [0.717, 1.165) is 27.2 Å². The van der Waals surface area contributed by atoms with E-state index in [1.54, 1.807) is 18.9 Å². The molecule has 0 bridgehead atoms. The lowest BCUT2D eigenvalue weighted by atomic mass is 10.1. The summed E-state index contributed by atoms with van der Waals surface area (Å²) in [5.74, 6) is 1.30. The van der Waals surface area contributed by atoms with Gasteiger partial charge < -0.3 is 14.8 Å². The summed E-state index contributed by atoms with van der Waals surface area (Å²) < 4.78 is 13.2. The van der Waals surface area contributed by atoms with Crippen molar-refractivity contribution in [2.45, 2.75) is 33.4 Å². The van der Waals surface area contributed by atoms with Crippen LogP contribution in [0.1, 0.15) is 29.9 Å². The van der Waals surface area contributed by atoms with Crippen molar-refractivity contribution in [2.75, 3.05) is 14.2 Å². The molecule has 0 aliphatic heterocycles. The first-order valence-corrected chi connectivity index (χ1v) is 8.37. The molecule has 1 heterocycles. The fraction of sp³-hybridized carbons (Fsp3) is 0.412. The van der Waals surface area contributed by atoms with Gasteiger partial charge in [-0.15, -0.1) is 0 Å². The monoisotopic (exact) mass is 395 g/mol. The van der Waals surface area contributed by atoms with Gasteiger partial charge in [0.2, 0.25) is 5.91 Å². The number of nitrogens with one attached hydrogen (secondary N) is 1. The van der Waals surface area contributed by atoms with E-state index in [4.69, 9.17) is 9.47 Å². The summed E-state index contributed by atoms with van der Waals surface area (Å²) in [5, 5.41) is 7.33. The molecular weight excluding hydrogens is 374 g/mol. The van der Waals surface area contributed by atoms with E-state index in [0.29, 0.717) is 5.75 Å². The lowest BCUT2D eigenvalue weighted by molar-refractivity contribution is -0.122. The van der Waals surface area contributed by atoms with Crippen LogP contribution in [0.3, 0.4) is 0 Å². The molecular formula is C17H22BrN3O3. The molecule has 130 valence electrons. The van der Waals surface area contributed by atoms with Gasteiger partial charge in [-0.05, 0) is 54.9 Å². The minimum absolute atomic E-state index is 0.120. The average molecular weight is 396 g/mol. The number of hydrogen-bond acceptors (Lipinski definition) is 4. The lowest BCUT2D eigenvalue weighted by Crippen LogP contribution is -2.31. The molecule has 1 amide bonds. The summed E-state index contributed by atoms with van der Waals surface area (Å²) in [6.07, 6.45) is 0. The lowest BCUT2D eigenvalue weighted by Gasteiger charge is -2.18. The van der Waals surface area contributed by atoms with Crippen LogP contribution < -0.4 is 14.8 Å². The summed E-state index contributed by atoms with van der Waals surface area (Å²) in [4.78, 5) is 12.4. The Labute approximate surface area is 150 Å². The Balaban J connectivity index is 2.12. The second-order valence-corrected chi connectivity index (χ2v) is 6.33. The minimum atomic E-state index is -0.219. The fourth-order valence-corrected chi connectivity index (χ4v) is 2.79. The van der Waals surface area contributed by atoms with Crippen LogP contribution in [0.4, 0.5) is 0 Å². The Hall–Kier alpha value is -2.02. The highest BCUT2D eigenvalue weighted by Gasteiger charge is 2.17. The van der Waals surface area contributed by atoms with Crippen LogP contribution in [0.2, 0.25) is 0 Å². The Bertz CT molecular complexity index is 743. The van der Waals surface area contributed by atoms with Gasteiger partial charge in [-0.25, -0.2) is 0 Å². The van der Waals surface area contributed by atoms with Gasteiger partial charge in [0.05, 0.1) is 36.1 Å². The number of aryl methyl sites for hydroxylation is 1. The molecule has 0 saturated carbocycles. The van der Waals surface area contributed by atoms with E-state index in [2.05, 4.69) is 26.3 Å². The molecule has 0 aliphatic carbocycles. The number of hydrogen-bond donors (Lipinski definition) is 1. The number of rotatable bonds is 6. The largest absolute Gasteiger partial charge is 0.497 e. The quantitative estimate of drug-likeness (QED) is 0.815. The molecule has 1 unspecified atom stereocenters. The molecule has 2 aromatic rings. The number of methoxy groups -OCH3 is 2. The zero-order chi connectivity index (χ0) is 17.9. The third-order valence-corrected chi connectivity index (χ3v) is 5.02. The molecule has 1 aromatic heterocycles. The van der Waals surface area contributed by atoms with E-state index in [-0.39, 0.29) is 18.5 Å². The average Bonchev–Trinajstić information content (AvgIpc) is 2.80. The second-order valence-electron chi connectivity index (χ2n) is 5.54. The van der Waals surface area contributed by atoms with Crippen molar-refractivity contribution in [3.05, 3.63) is 39.6 Å². The van der Waals surface area contributed by atoms with Crippen molar-refractivity contribution >= 4 is 21.8 Å². The molecule has 1 N–H and O–H groups in total. The van der Waals surface area contributed by atoms with Gasteiger partial charge in [-0.2, -0.15) is 5.10 Å².